The molecule has 2 atom stereocenters. The van der Waals surface area contributed by atoms with E-state index >= 15 is 0 Å². The SMILES string of the molecule is CCCCCCCCC(CCC)C(P)(CCCCCCCC)CCCCCCCC.Cl. The van der Waals surface area contributed by atoms with Gasteiger partial charge in [-0.3, -0.25) is 0 Å². The van der Waals surface area contributed by atoms with Crippen LogP contribution in [0.1, 0.15) is 175 Å². The van der Waals surface area contributed by atoms with Crippen molar-refractivity contribution in [2.24, 2.45) is 5.92 Å². The molecule has 0 aliphatic rings. The van der Waals surface area contributed by atoms with E-state index in [1.54, 1.807) is 0 Å². The van der Waals surface area contributed by atoms with Gasteiger partial charge in [-0.15, -0.1) is 21.6 Å². The zero-order valence-corrected chi connectivity index (χ0v) is 24.3. The molecule has 0 aromatic heterocycles. The summed E-state index contributed by atoms with van der Waals surface area (Å²) in [6.07, 6.45) is 33.1. The Morgan fingerprint density at radius 3 is 1.19 bits per heavy atom. The Morgan fingerprint density at radius 2 is 0.806 bits per heavy atom. The van der Waals surface area contributed by atoms with Crippen molar-refractivity contribution in [1.29, 1.82) is 0 Å². The van der Waals surface area contributed by atoms with Gasteiger partial charge in [0, 0.05) is 0 Å². The third-order valence-electron chi connectivity index (χ3n) is 7.35. The monoisotopic (exact) mass is 476 g/mol. The molecule has 0 fully saturated rings. The molecule has 0 amide bonds. The molecule has 0 rings (SSSR count). The topological polar surface area (TPSA) is 0 Å². The molecule has 2 heteroatoms. The van der Waals surface area contributed by atoms with Crippen LogP contribution >= 0.6 is 21.6 Å². The van der Waals surface area contributed by atoms with Gasteiger partial charge in [0.05, 0.1) is 0 Å². The second kappa shape index (κ2) is 25.3. The van der Waals surface area contributed by atoms with Gasteiger partial charge in [-0.2, -0.15) is 0 Å². The Kier molecular flexibility index (Phi) is 27.7. The summed E-state index contributed by atoms with van der Waals surface area (Å²) in [4.78, 5) is 0. The molecule has 31 heavy (non-hydrogen) atoms. The van der Waals surface area contributed by atoms with E-state index in [4.69, 9.17) is 0 Å². The van der Waals surface area contributed by atoms with Gasteiger partial charge in [-0.05, 0) is 36.8 Å². The smallest absolute Gasteiger partial charge is 0.0122 e. The summed E-state index contributed by atoms with van der Waals surface area (Å²) >= 11 is 0. The van der Waals surface area contributed by atoms with Crippen molar-refractivity contribution >= 4 is 21.6 Å². The first-order valence-electron chi connectivity index (χ1n) is 14.4. The van der Waals surface area contributed by atoms with E-state index in [1.165, 1.54) is 148 Å². The summed E-state index contributed by atoms with van der Waals surface area (Å²) in [7, 11) is 3.46. The normalized spacial score (nSPS) is 12.7. The largest absolute Gasteiger partial charge is 0.147 e. The molecule has 190 valence electrons. The first kappa shape index (κ1) is 33.9. The fraction of sp³-hybridized carbons (Fsp3) is 1.00. The van der Waals surface area contributed by atoms with Crippen LogP contribution in [0.15, 0.2) is 0 Å². The van der Waals surface area contributed by atoms with Crippen molar-refractivity contribution in [1.82, 2.24) is 0 Å². The van der Waals surface area contributed by atoms with Gasteiger partial charge in [0.2, 0.25) is 0 Å². The molecular formula is C29H62ClP. The molecular weight excluding hydrogens is 415 g/mol. The molecule has 0 aliphatic carbocycles. The first-order valence-corrected chi connectivity index (χ1v) is 15.0. The van der Waals surface area contributed by atoms with Crippen LogP contribution < -0.4 is 0 Å². The highest BCUT2D eigenvalue weighted by molar-refractivity contribution is 7.19. The van der Waals surface area contributed by atoms with Crippen molar-refractivity contribution in [3.05, 3.63) is 0 Å². The van der Waals surface area contributed by atoms with E-state index in [9.17, 15) is 0 Å². The number of unbranched alkanes of at least 4 members (excludes halogenated alkanes) is 15. The maximum absolute atomic E-state index is 3.46. The molecule has 0 saturated heterocycles. The third-order valence-corrected chi connectivity index (χ3v) is 8.40. The Morgan fingerprint density at radius 1 is 0.452 bits per heavy atom. The predicted molar refractivity (Wildman–Crippen MR) is 152 cm³/mol. The molecule has 0 aromatic carbocycles. The van der Waals surface area contributed by atoms with Crippen LogP contribution in [0.4, 0.5) is 0 Å². The van der Waals surface area contributed by atoms with E-state index in [0.29, 0.717) is 5.16 Å². The lowest BCUT2D eigenvalue weighted by Crippen LogP contribution is -2.32. The third kappa shape index (κ3) is 19.9. The first-order chi connectivity index (χ1) is 14.6. The lowest BCUT2D eigenvalue weighted by Gasteiger charge is -2.39. The molecule has 0 aromatic rings. The van der Waals surface area contributed by atoms with Crippen LogP contribution in [0.3, 0.4) is 0 Å². The molecule has 2 unspecified atom stereocenters. The summed E-state index contributed by atoms with van der Waals surface area (Å²) in [6, 6.07) is 0. The van der Waals surface area contributed by atoms with Crippen molar-refractivity contribution < 1.29 is 0 Å². The summed E-state index contributed by atoms with van der Waals surface area (Å²) in [5, 5.41) is 0.523. The minimum atomic E-state index is 0. The fourth-order valence-corrected chi connectivity index (χ4v) is 5.98. The number of hydrogen-bond donors (Lipinski definition) is 0. The lowest BCUT2D eigenvalue weighted by atomic mass is 9.77. The van der Waals surface area contributed by atoms with Crippen molar-refractivity contribution in [2.75, 3.05) is 0 Å². The number of hydrogen-bond acceptors (Lipinski definition) is 0. The summed E-state index contributed by atoms with van der Waals surface area (Å²) in [5.41, 5.74) is 0. The van der Waals surface area contributed by atoms with E-state index < -0.39 is 0 Å². The van der Waals surface area contributed by atoms with E-state index in [-0.39, 0.29) is 12.4 Å². The van der Waals surface area contributed by atoms with Crippen LogP contribution in [0.25, 0.3) is 0 Å². The van der Waals surface area contributed by atoms with Gasteiger partial charge in [0.15, 0.2) is 0 Å². The van der Waals surface area contributed by atoms with Gasteiger partial charge >= 0.3 is 0 Å². The minimum Gasteiger partial charge on any atom is -0.147 e. The summed E-state index contributed by atoms with van der Waals surface area (Å²) in [6.45, 7) is 9.39. The summed E-state index contributed by atoms with van der Waals surface area (Å²) < 4.78 is 0. The Balaban J connectivity index is 0. The highest BCUT2D eigenvalue weighted by Gasteiger charge is 2.32. The molecule has 0 heterocycles. The Labute approximate surface area is 207 Å². The maximum atomic E-state index is 3.46. The van der Waals surface area contributed by atoms with E-state index in [1.807, 2.05) is 0 Å². The standard InChI is InChI=1S/C29H61P.ClH/c1-5-9-12-15-18-21-25-28(24-8-4)29(30,26-22-19-16-13-10-6-2)27-23-20-17-14-11-7-3;/h28H,5-27,30H2,1-4H3;1H. The van der Waals surface area contributed by atoms with Crippen molar-refractivity contribution in [3.8, 4) is 0 Å². The molecule has 0 aliphatic heterocycles. The minimum absolute atomic E-state index is 0. The van der Waals surface area contributed by atoms with E-state index in [0.717, 1.165) is 5.92 Å². The zero-order chi connectivity index (χ0) is 22.3. The van der Waals surface area contributed by atoms with Crippen LogP contribution in [-0.2, 0) is 0 Å². The quantitative estimate of drug-likeness (QED) is 0.0958. The Hall–Kier alpha value is 0.720. The van der Waals surface area contributed by atoms with Crippen molar-refractivity contribution in [2.45, 2.75) is 181 Å². The molecule has 0 nitrogen and oxygen atoms in total. The van der Waals surface area contributed by atoms with Gasteiger partial charge in [0.1, 0.15) is 0 Å². The van der Waals surface area contributed by atoms with Crippen molar-refractivity contribution in [3.63, 3.8) is 0 Å². The highest BCUT2D eigenvalue weighted by atomic mass is 35.5. The molecule has 0 N–H and O–H groups in total. The average molecular weight is 477 g/mol. The van der Waals surface area contributed by atoms with E-state index in [2.05, 4.69) is 36.9 Å². The van der Waals surface area contributed by atoms with Crippen LogP contribution in [0.5, 0.6) is 0 Å². The van der Waals surface area contributed by atoms with Gasteiger partial charge in [-0.25, -0.2) is 0 Å². The highest BCUT2D eigenvalue weighted by Crippen LogP contribution is 2.43. The number of halogens is 1. The Bertz CT molecular complexity index is 315. The van der Waals surface area contributed by atoms with Crippen LogP contribution in [0, 0.1) is 5.92 Å². The van der Waals surface area contributed by atoms with Crippen LogP contribution in [-0.4, -0.2) is 5.16 Å². The number of rotatable bonds is 24. The van der Waals surface area contributed by atoms with Gasteiger partial charge in [-0.1, -0.05) is 150 Å². The van der Waals surface area contributed by atoms with Crippen LogP contribution in [0.2, 0.25) is 0 Å². The predicted octanol–water partition coefficient (Wildman–Crippen LogP) is 11.7. The van der Waals surface area contributed by atoms with Gasteiger partial charge in [0.25, 0.3) is 0 Å². The second-order valence-corrected chi connectivity index (χ2v) is 11.5. The molecule has 0 spiro atoms. The molecule has 0 saturated carbocycles. The second-order valence-electron chi connectivity index (χ2n) is 10.3. The zero-order valence-electron chi connectivity index (χ0n) is 22.3. The fourth-order valence-electron chi connectivity index (χ4n) is 5.24. The molecule has 0 bridgehead atoms. The van der Waals surface area contributed by atoms with Gasteiger partial charge < -0.3 is 0 Å². The summed E-state index contributed by atoms with van der Waals surface area (Å²) in [5.74, 6) is 0.935. The maximum Gasteiger partial charge on any atom is -0.0122 e. The molecule has 0 radical (unpaired) electrons. The average Bonchev–Trinajstić information content (AvgIpc) is 2.74. The lowest BCUT2D eigenvalue weighted by molar-refractivity contribution is 0.274.